The summed E-state index contributed by atoms with van der Waals surface area (Å²) in [5.74, 6) is 0.326. The fourth-order valence-electron chi connectivity index (χ4n) is 7.30. The number of nitrogens with two attached hydrogens (primary N) is 3. The zero-order chi connectivity index (χ0) is 49.4. The highest BCUT2D eigenvalue weighted by Crippen LogP contribution is 2.11. The van der Waals surface area contributed by atoms with E-state index in [1.165, 1.54) is 0 Å². The number of phenols is 1. The molecule has 6 atom stereocenters. The molecule has 0 aromatic heterocycles. The van der Waals surface area contributed by atoms with Crippen LogP contribution in [0.1, 0.15) is 83.8 Å². The van der Waals surface area contributed by atoms with E-state index in [2.05, 4.69) is 58.5 Å². The van der Waals surface area contributed by atoms with E-state index in [-0.39, 0.29) is 74.5 Å². The monoisotopic (exact) mass is 941 g/mol. The number of rotatable bonds is 32. The Morgan fingerprint density at radius 2 is 0.970 bits per heavy atom. The zero-order valence-corrected chi connectivity index (χ0v) is 40.6. The van der Waals surface area contributed by atoms with Gasteiger partial charge in [-0.2, -0.15) is 0 Å². The Morgan fingerprint density at radius 1 is 0.522 bits per heavy atom. The number of amides is 10. The molecule has 0 spiro atoms. The van der Waals surface area contributed by atoms with Gasteiger partial charge in [0.1, 0.15) is 5.75 Å². The number of carbonyl (C=O) groups excluding carboxylic acids is 5. The lowest BCUT2D eigenvalue weighted by molar-refractivity contribution is 0.221. The highest BCUT2D eigenvalue weighted by atomic mass is 16.3. The third-order valence-corrected chi connectivity index (χ3v) is 11.0. The molecule has 20 nitrogen and oxygen atoms in total. The van der Waals surface area contributed by atoms with Crippen molar-refractivity contribution in [3.05, 3.63) is 65.7 Å². The molecule has 0 bridgehead atoms. The Kier molecular flexibility index (Phi) is 29.1. The van der Waals surface area contributed by atoms with Crippen molar-refractivity contribution in [2.45, 2.75) is 122 Å². The molecule has 2 aromatic carbocycles. The summed E-state index contributed by atoms with van der Waals surface area (Å²) in [6.45, 7) is 10.5. The second-order valence-electron chi connectivity index (χ2n) is 18.0. The van der Waals surface area contributed by atoms with E-state index in [0.29, 0.717) is 45.3 Å². The van der Waals surface area contributed by atoms with Gasteiger partial charge in [-0.15, -0.1) is 0 Å². The Bertz CT molecular complexity index is 1690. The van der Waals surface area contributed by atoms with Gasteiger partial charge in [-0.05, 0) is 100 Å². The number of urea groups is 5. The van der Waals surface area contributed by atoms with Crippen molar-refractivity contribution in [1.82, 2.24) is 58.5 Å². The van der Waals surface area contributed by atoms with Crippen LogP contribution in [0.2, 0.25) is 0 Å². The van der Waals surface area contributed by atoms with Crippen LogP contribution in [0.4, 0.5) is 24.0 Å². The molecule has 0 saturated heterocycles. The summed E-state index contributed by atoms with van der Waals surface area (Å²) in [7, 11) is 1.84. The minimum absolute atomic E-state index is 0.0435. The van der Waals surface area contributed by atoms with Crippen LogP contribution in [0.5, 0.6) is 5.75 Å². The largest absolute Gasteiger partial charge is 0.508 e. The lowest BCUT2D eigenvalue weighted by atomic mass is 10.0. The van der Waals surface area contributed by atoms with Crippen molar-refractivity contribution in [3.63, 3.8) is 0 Å². The van der Waals surface area contributed by atoms with E-state index >= 15 is 0 Å². The standard InChI is InChI=1S/C47H84N14O6/c1-32(2)23-39(59-45(65)53-28-38(16-10-12-22-49)58-43(63)52-26-36(50)24-35-17-19-41(62)20-18-35)29-55-47(67)61-42(33(3)4)31-56-46(66)60-40(25-34-13-7-6-8-14-34)30-54-44(64)57-37(27-51-5)15-9-11-21-48/h6-8,13-14,17-20,32-33,36-40,42,51,62H,9-12,15-16,21-31,48-50H2,1-5H3,(H2,52,58,63)(H2,53,59,65)(H2,54,57,64)(H2,55,61,67)(H2,56,60,66)/t36-,37-,38-,39-,40-,42+/m0/s1. The highest BCUT2D eigenvalue weighted by Gasteiger charge is 2.22. The molecule has 0 fully saturated rings. The van der Waals surface area contributed by atoms with Crippen LogP contribution < -0.4 is 75.7 Å². The predicted octanol–water partition coefficient (Wildman–Crippen LogP) is 2.02. The van der Waals surface area contributed by atoms with Crippen molar-refractivity contribution in [2.75, 3.05) is 59.4 Å². The first-order valence-electron chi connectivity index (χ1n) is 23.9. The molecule has 0 aliphatic rings. The molecular weight excluding hydrogens is 857 g/mol. The van der Waals surface area contributed by atoms with Crippen molar-refractivity contribution < 1.29 is 29.1 Å². The Balaban J connectivity index is 1.91. The zero-order valence-electron chi connectivity index (χ0n) is 40.6. The SMILES string of the molecule is CNC[C@H](CCCCN)NC(=O)NC[C@H](Cc1ccccc1)NC(=O)NC[C@@H](NC(=O)NC[C@H](CC(C)C)NC(=O)NC[C@H](CCCCN)NC(=O)NC[C@@H](N)Cc1ccc(O)cc1)C(C)C. The van der Waals surface area contributed by atoms with Gasteiger partial charge in [0.05, 0.1) is 12.1 Å². The van der Waals surface area contributed by atoms with Gasteiger partial charge in [0.15, 0.2) is 0 Å². The second-order valence-corrected chi connectivity index (χ2v) is 18.0. The van der Waals surface area contributed by atoms with Crippen LogP contribution in [0, 0.1) is 11.8 Å². The van der Waals surface area contributed by atoms with Gasteiger partial charge in [-0.3, -0.25) is 0 Å². The third kappa shape index (κ3) is 27.6. The van der Waals surface area contributed by atoms with E-state index in [4.69, 9.17) is 17.2 Å². The topological polar surface area (TPSA) is 316 Å². The van der Waals surface area contributed by atoms with E-state index in [1.54, 1.807) is 24.3 Å². The molecule has 0 aliphatic carbocycles. The van der Waals surface area contributed by atoms with Crippen LogP contribution >= 0.6 is 0 Å². The minimum Gasteiger partial charge on any atom is -0.508 e. The quantitative estimate of drug-likeness (QED) is 0.0474. The highest BCUT2D eigenvalue weighted by molar-refractivity contribution is 5.77. The number of unbranched alkanes of at least 4 members (excludes halogenated alkanes) is 2. The lowest BCUT2D eigenvalue weighted by Crippen LogP contribution is -2.56. The fourth-order valence-corrected chi connectivity index (χ4v) is 7.30. The van der Waals surface area contributed by atoms with Crippen molar-refractivity contribution in [3.8, 4) is 5.75 Å². The molecule has 10 amide bonds. The molecule has 67 heavy (non-hydrogen) atoms. The van der Waals surface area contributed by atoms with Gasteiger partial charge in [-0.1, -0.05) is 83.0 Å². The molecule has 0 radical (unpaired) electrons. The van der Waals surface area contributed by atoms with E-state index < -0.39 is 42.2 Å². The third-order valence-electron chi connectivity index (χ3n) is 11.0. The molecule has 20 heteroatoms. The predicted molar refractivity (Wildman–Crippen MR) is 266 cm³/mol. The second kappa shape index (κ2) is 33.8. The van der Waals surface area contributed by atoms with Crippen molar-refractivity contribution in [1.29, 1.82) is 0 Å². The van der Waals surface area contributed by atoms with Crippen molar-refractivity contribution in [2.24, 2.45) is 29.0 Å². The molecule has 18 N–H and O–H groups in total. The average molecular weight is 941 g/mol. The van der Waals surface area contributed by atoms with Crippen LogP contribution in [-0.4, -0.2) is 131 Å². The summed E-state index contributed by atoms with van der Waals surface area (Å²) in [5, 5.41) is 41.9. The van der Waals surface area contributed by atoms with Crippen LogP contribution in [-0.2, 0) is 12.8 Å². The Labute approximate surface area is 398 Å². The minimum atomic E-state index is -0.452. The maximum Gasteiger partial charge on any atom is 0.315 e. The maximum atomic E-state index is 13.3. The number of carbonyl (C=O) groups is 5. The number of nitrogens with one attached hydrogen (secondary N) is 11. The number of hydrogen-bond acceptors (Lipinski definition) is 10. The number of aromatic hydroxyl groups is 1. The van der Waals surface area contributed by atoms with E-state index in [0.717, 1.165) is 43.2 Å². The fraction of sp³-hybridized carbons (Fsp3) is 0.638. The maximum absolute atomic E-state index is 13.3. The van der Waals surface area contributed by atoms with Crippen LogP contribution in [0.25, 0.3) is 0 Å². The summed E-state index contributed by atoms with van der Waals surface area (Å²) >= 11 is 0. The molecule has 0 aliphatic heterocycles. The summed E-state index contributed by atoms with van der Waals surface area (Å²) in [6.07, 6.45) is 6.24. The summed E-state index contributed by atoms with van der Waals surface area (Å²) in [4.78, 5) is 65.4. The van der Waals surface area contributed by atoms with Gasteiger partial charge in [0.25, 0.3) is 0 Å². The van der Waals surface area contributed by atoms with Crippen LogP contribution in [0.15, 0.2) is 54.6 Å². The number of hydrogen-bond donors (Lipinski definition) is 15. The van der Waals surface area contributed by atoms with Gasteiger partial charge in [-0.25, -0.2) is 24.0 Å². The number of phenolic OH excluding ortho intramolecular Hbond substituents is 1. The first-order chi connectivity index (χ1) is 32.1. The Hall–Kier alpha value is -5.57. The van der Waals surface area contributed by atoms with Gasteiger partial charge < -0.3 is 80.8 Å². The van der Waals surface area contributed by atoms with Crippen molar-refractivity contribution >= 4 is 30.2 Å². The molecule has 0 unspecified atom stereocenters. The summed E-state index contributed by atoms with van der Waals surface area (Å²) in [5.41, 5.74) is 19.5. The molecule has 378 valence electrons. The average Bonchev–Trinajstić information content (AvgIpc) is 3.28. The lowest BCUT2D eigenvalue weighted by Gasteiger charge is -2.26. The smallest absolute Gasteiger partial charge is 0.315 e. The number of benzene rings is 2. The summed E-state index contributed by atoms with van der Waals surface area (Å²) in [6, 6.07) is 12.3. The van der Waals surface area contributed by atoms with Crippen LogP contribution in [0.3, 0.4) is 0 Å². The normalized spacial score (nSPS) is 13.8. The first kappa shape index (κ1) is 57.6. The molecule has 0 saturated carbocycles. The first-order valence-corrected chi connectivity index (χ1v) is 23.9. The molecule has 2 aromatic rings. The van der Waals surface area contributed by atoms with Gasteiger partial charge in [0.2, 0.25) is 0 Å². The Morgan fingerprint density at radius 3 is 1.49 bits per heavy atom. The van der Waals surface area contributed by atoms with Gasteiger partial charge >= 0.3 is 30.2 Å². The molecule has 0 heterocycles. The summed E-state index contributed by atoms with van der Waals surface area (Å²) < 4.78 is 0. The van der Waals surface area contributed by atoms with E-state index in [9.17, 15) is 29.1 Å². The van der Waals surface area contributed by atoms with E-state index in [1.807, 2.05) is 65.1 Å². The van der Waals surface area contributed by atoms with Gasteiger partial charge in [0, 0.05) is 63.4 Å². The molecule has 2 rings (SSSR count). The molecular formula is C47H84N14O6. The number of likely N-dealkylation sites (N-methyl/N-ethyl adjacent to an activating group) is 1.